The van der Waals surface area contributed by atoms with E-state index in [0.717, 1.165) is 24.9 Å². The normalized spacial score (nSPS) is 14.6. The molecule has 34 heavy (non-hydrogen) atoms. The van der Waals surface area contributed by atoms with Crippen LogP contribution < -0.4 is 10.1 Å². The minimum Gasteiger partial charge on any atom is -0.497 e. The summed E-state index contributed by atoms with van der Waals surface area (Å²) in [6.07, 6.45) is 5.61. The molecular formula is C26H26N4O4. The highest BCUT2D eigenvalue weighted by Crippen LogP contribution is 2.29. The minimum atomic E-state index is -0.883. The standard InChI is InChI=1S/C26H26N4O4/c1-33-21-12-8-9-19(15-21)24-22(16-30(29-24)20-10-4-2-5-11-20)25(32)34-17-23(31)28-26(18-27)13-6-3-7-14-26/h2,4-5,8-12,15-16H,3,6-7,13-14,17H2,1H3,(H,28,31). The van der Waals surface area contributed by atoms with E-state index in [2.05, 4.69) is 16.5 Å². The Labute approximate surface area is 198 Å². The molecule has 1 aliphatic rings. The third-order valence-corrected chi connectivity index (χ3v) is 5.93. The van der Waals surface area contributed by atoms with E-state index in [0.29, 0.717) is 29.8 Å². The monoisotopic (exact) mass is 458 g/mol. The van der Waals surface area contributed by atoms with Crippen molar-refractivity contribution in [3.8, 4) is 28.8 Å². The van der Waals surface area contributed by atoms with E-state index in [1.54, 1.807) is 30.1 Å². The number of rotatable bonds is 7. The summed E-state index contributed by atoms with van der Waals surface area (Å²) in [4.78, 5) is 25.5. The number of hydrogen-bond acceptors (Lipinski definition) is 6. The van der Waals surface area contributed by atoms with Crippen LogP contribution in [-0.2, 0) is 9.53 Å². The molecule has 1 heterocycles. The Morgan fingerprint density at radius 2 is 1.88 bits per heavy atom. The first-order valence-electron chi connectivity index (χ1n) is 11.2. The fraction of sp³-hybridized carbons (Fsp3) is 0.308. The molecule has 8 nitrogen and oxygen atoms in total. The molecule has 1 aliphatic carbocycles. The van der Waals surface area contributed by atoms with Crippen LogP contribution in [0.5, 0.6) is 5.75 Å². The van der Waals surface area contributed by atoms with Crippen LogP contribution in [0.4, 0.5) is 0 Å². The van der Waals surface area contributed by atoms with Crippen LogP contribution >= 0.6 is 0 Å². The molecule has 1 N–H and O–H groups in total. The zero-order chi connectivity index (χ0) is 24.0. The largest absolute Gasteiger partial charge is 0.497 e. The topological polar surface area (TPSA) is 106 Å². The molecule has 1 aromatic heterocycles. The molecule has 0 bridgehead atoms. The third kappa shape index (κ3) is 5.09. The number of benzene rings is 2. The van der Waals surface area contributed by atoms with Crippen LogP contribution in [0, 0.1) is 11.3 Å². The highest BCUT2D eigenvalue weighted by molar-refractivity contribution is 5.97. The molecule has 3 aromatic rings. The van der Waals surface area contributed by atoms with E-state index in [4.69, 9.17) is 9.47 Å². The molecular weight excluding hydrogens is 432 g/mol. The van der Waals surface area contributed by atoms with Crippen LogP contribution in [-0.4, -0.2) is 40.9 Å². The molecule has 0 aliphatic heterocycles. The summed E-state index contributed by atoms with van der Waals surface area (Å²) in [6.45, 7) is -0.476. The lowest BCUT2D eigenvalue weighted by Crippen LogP contribution is -2.50. The number of amides is 1. The molecule has 0 radical (unpaired) electrons. The number of ether oxygens (including phenoxy) is 2. The van der Waals surface area contributed by atoms with Gasteiger partial charge >= 0.3 is 5.97 Å². The zero-order valence-electron chi connectivity index (χ0n) is 19.0. The van der Waals surface area contributed by atoms with Crippen LogP contribution in [0.1, 0.15) is 42.5 Å². The first-order chi connectivity index (χ1) is 16.5. The number of para-hydroxylation sites is 1. The first-order valence-corrected chi connectivity index (χ1v) is 11.2. The van der Waals surface area contributed by atoms with Crippen molar-refractivity contribution in [2.45, 2.75) is 37.6 Å². The molecule has 1 saturated carbocycles. The smallest absolute Gasteiger partial charge is 0.342 e. The van der Waals surface area contributed by atoms with Gasteiger partial charge in [0.05, 0.1) is 18.9 Å². The minimum absolute atomic E-state index is 0.220. The average molecular weight is 459 g/mol. The number of hydrogen-bond donors (Lipinski definition) is 1. The predicted octanol–water partition coefficient (Wildman–Crippen LogP) is 4.05. The highest BCUT2D eigenvalue weighted by Gasteiger charge is 2.34. The molecule has 4 rings (SSSR count). The van der Waals surface area contributed by atoms with Crippen molar-refractivity contribution >= 4 is 11.9 Å². The Kier molecular flexibility index (Phi) is 6.93. The lowest BCUT2D eigenvalue weighted by atomic mass is 9.83. The molecule has 174 valence electrons. The quantitative estimate of drug-likeness (QED) is 0.536. The van der Waals surface area contributed by atoms with E-state index in [1.165, 1.54) is 0 Å². The molecule has 0 unspecified atom stereocenters. The number of carbonyl (C=O) groups excluding carboxylic acids is 2. The first kappa shape index (κ1) is 23.1. The van der Waals surface area contributed by atoms with Crippen molar-refractivity contribution in [1.29, 1.82) is 5.26 Å². The van der Waals surface area contributed by atoms with Crippen molar-refractivity contribution in [3.63, 3.8) is 0 Å². The van der Waals surface area contributed by atoms with E-state index in [9.17, 15) is 14.9 Å². The van der Waals surface area contributed by atoms with Gasteiger partial charge in [-0.3, -0.25) is 4.79 Å². The van der Waals surface area contributed by atoms with Crippen molar-refractivity contribution in [1.82, 2.24) is 15.1 Å². The molecule has 2 aromatic carbocycles. The number of nitriles is 1. The lowest BCUT2D eigenvalue weighted by Gasteiger charge is -2.31. The van der Waals surface area contributed by atoms with Gasteiger partial charge in [-0.1, -0.05) is 49.6 Å². The van der Waals surface area contributed by atoms with E-state index >= 15 is 0 Å². The molecule has 0 atom stereocenters. The average Bonchev–Trinajstić information content (AvgIpc) is 3.34. The Bertz CT molecular complexity index is 1210. The van der Waals surface area contributed by atoms with E-state index < -0.39 is 24.0 Å². The molecule has 0 saturated heterocycles. The molecule has 0 spiro atoms. The second-order valence-corrected chi connectivity index (χ2v) is 8.28. The Morgan fingerprint density at radius 1 is 1.12 bits per heavy atom. The summed E-state index contributed by atoms with van der Waals surface area (Å²) in [5.41, 5.74) is 1.20. The fourth-order valence-electron chi connectivity index (χ4n) is 4.15. The van der Waals surface area contributed by atoms with Crippen molar-refractivity contribution in [2.75, 3.05) is 13.7 Å². The summed E-state index contributed by atoms with van der Waals surface area (Å²) in [7, 11) is 1.57. The maximum Gasteiger partial charge on any atom is 0.342 e. The van der Waals surface area contributed by atoms with Gasteiger partial charge in [-0.15, -0.1) is 0 Å². The fourth-order valence-corrected chi connectivity index (χ4v) is 4.15. The SMILES string of the molecule is COc1cccc(-c2nn(-c3ccccc3)cc2C(=O)OCC(=O)NC2(C#N)CCCCC2)c1. The van der Waals surface area contributed by atoms with Gasteiger partial charge in [0.1, 0.15) is 22.5 Å². The van der Waals surface area contributed by atoms with Gasteiger partial charge in [0.15, 0.2) is 6.61 Å². The van der Waals surface area contributed by atoms with Crippen LogP contribution in [0.15, 0.2) is 60.8 Å². The summed E-state index contributed by atoms with van der Waals surface area (Å²) < 4.78 is 12.2. The van der Waals surface area contributed by atoms with Gasteiger partial charge in [-0.25, -0.2) is 9.48 Å². The van der Waals surface area contributed by atoms with E-state index in [1.807, 2.05) is 42.5 Å². The van der Waals surface area contributed by atoms with Gasteiger partial charge in [0.2, 0.25) is 0 Å². The Balaban J connectivity index is 1.55. The number of carbonyl (C=O) groups is 2. The third-order valence-electron chi connectivity index (χ3n) is 5.93. The van der Waals surface area contributed by atoms with Crippen molar-refractivity contribution in [2.24, 2.45) is 0 Å². The number of nitrogens with one attached hydrogen (secondary N) is 1. The number of esters is 1. The Morgan fingerprint density at radius 3 is 2.59 bits per heavy atom. The predicted molar refractivity (Wildman–Crippen MR) is 125 cm³/mol. The lowest BCUT2D eigenvalue weighted by molar-refractivity contribution is -0.125. The van der Waals surface area contributed by atoms with Gasteiger partial charge in [-0.2, -0.15) is 10.4 Å². The number of methoxy groups -OCH3 is 1. The van der Waals surface area contributed by atoms with Crippen LogP contribution in [0.2, 0.25) is 0 Å². The van der Waals surface area contributed by atoms with Crippen molar-refractivity contribution in [3.05, 3.63) is 66.4 Å². The molecule has 1 amide bonds. The maximum absolute atomic E-state index is 13.0. The van der Waals surface area contributed by atoms with Crippen LogP contribution in [0.3, 0.4) is 0 Å². The summed E-state index contributed by atoms with van der Waals surface area (Å²) in [5.74, 6) is -0.542. The summed E-state index contributed by atoms with van der Waals surface area (Å²) in [5, 5.41) is 16.9. The zero-order valence-corrected chi connectivity index (χ0v) is 19.0. The Hall–Kier alpha value is -4.12. The van der Waals surface area contributed by atoms with Gasteiger partial charge in [0, 0.05) is 11.8 Å². The summed E-state index contributed by atoms with van der Waals surface area (Å²) in [6, 6.07) is 18.8. The van der Waals surface area contributed by atoms with Gasteiger partial charge < -0.3 is 14.8 Å². The van der Waals surface area contributed by atoms with Crippen LogP contribution in [0.25, 0.3) is 16.9 Å². The molecule has 8 heteroatoms. The summed E-state index contributed by atoms with van der Waals surface area (Å²) >= 11 is 0. The second-order valence-electron chi connectivity index (χ2n) is 8.28. The second kappa shape index (κ2) is 10.2. The van der Waals surface area contributed by atoms with Gasteiger partial charge in [-0.05, 0) is 37.1 Å². The van der Waals surface area contributed by atoms with Gasteiger partial charge in [0.25, 0.3) is 5.91 Å². The number of nitrogens with zero attached hydrogens (tertiary/aromatic N) is 3. The van der Waals surface area contributed by atoms with E-state index in [-0.39, 0.29) is 5.56 Å². The maximum atomic E-state index is 13.0. The molecule has 1 fully saturated rings. The number of aromatic nitrogens is 2. The highest BCUT2D eigenvalue weighted by atomic mass is 16.5. The van der Waals surface area contributed by atoms with Crippen molar-refractivity contribution < 1.29 is 19.1 Å².